The Balaban J connectivity index is 2.32. The van der Waals surface area contributed by atoms with Crippen LogP contribution in [0.3, 0.4) is 0 Å². The number of hydrogen-bond acceptors (Lipinski definition) is 2. The van der Waals surface area contributed by atoms with Gasteiger partial charge in [-0.25, -0.2) is 0 Å². The van der Waals surface area contributed by atoms with Gasteiger partial charge in [0.15, 0.2) is 0 Å². The van der Waals surface area contributed by atoms with Crippen molar-refractivity contribution >= 4 is 11.6 Å². The maximum Gasteiger partial charge on any atom is 0.121 e. The average Bonchev–Trinajstić information content (AvgIpc) is 2.80. The highest BCUT2D eigenvalue weighted by molar-refractivity contribution is 6.31. The minimum atomic E-state index is -0.683. The van der Waals surface area contributed by atoms with Crippen molar-refractivity contribution in [2.45, 2.75) is 32.9 Å². The molecule has 96 valence electrons. The van der Waals surface area contributed by atoms with Crippen LogP contribution < -0.4 is 0 Å². The van der Waals surface area contributed by atoms with E-state index in [0.29, 0.717) is 5.02 Å². The van der Waals surface area contributed by atoms with Crippen LogP contribution in [-0.4, -0.2) is 14.9 Å². The van der Waals surface area contributed by atoms with Crippen LogP contribution in [0.5, 0.6) is 0 Å². The minimum absolute atomic E-state index is 0.674. The molecule has 2 aromatic rings. The summed E-state index contributed by atoms with van der Waals surface area (Å²) in [5, 5.41) is 15.3. The Morgan fingerprint density at radius 2 is 2.17 bits per heavy atom. The van der Waals surface area contributed by atoms with Crippen molar-refractivity contribution < 1.29 is 5.11 Å². The number of aliphatic hydroxyl groups excluding tert-OH is 1. The molecule has 3 nitrogen and oxygen atoms in total. The molecule has 1 N–H and O–H groups in total. The average molecular weight is 265 g/mol. The number of halogens is 1. The molecule has 1 unspecified atom stereocenters. The van der Waals surface area contributed by atoms with Crippen molar-refractivity contribution in [2.24, 2.45) is 0 Å². The molecule has 0 aliphatic rings. The van der Waals surface area contributed by atoms with E-state index in [1.54, 1.807) is 6.20 Å². The Morgan fingerprint density at radius 1 is 1.39 bits per heavy atom. The van der Waals surface area contributed by atoms with Gasteiger partial charge in [0.05, 0.1) is 5.69 Å². The SMILES string of the molecule is CCCn1nccc1C(O)c1ccc(C)c(Cl)c1. The van der Waals surface area contributed by atoms with Crippen LogP contribution in [-0.2, 0) is 6.54 Å². The van der Waals surface area contributed by atoms with Gasteiger partial charge in [-0.3, -0.25) is 4.68 Å². The molecule has 2 rings (SSSR count). The molecule has 1 heterocycles. The molecule has 0 radical (unpaired) electrons. The Kier molecular flexibility index (Phi) is 4.04. The first kappa shape index (κ1) is 13.1. The molecule has 0 aliphatic carbocycles. The zero-order valence-corrected chi connectivity index (χ0v) is 11.4. The lowest BCUT2D eigenvalue weighted by molar-refractivity contribution is 0.207. The van der Waals surface area contributed by atoms with Crippen molar-refractivity contribution in [1.82, 2.24) is 9.78 Å². The van der Waals surface area contributed by atoms with Gasteiger partial charge in [-0.2, -0.15) is 5.10 Å². The predicted octanol–water partition coefficient (Wildman–Crippen LogP) is 3.34. The zero-order valence-electron chi connectivity index (χ0n) is 10.6. The highest BCUT2D eigenvalue weighted by Gasteiger charge is 2.15. The van der Waals surface area contributed by atoms with Crippen LogP contribution >= 0.6 is 11.6 Å². The van der Waals surface area contributed by atoms with Crippen molar-refractivity contribution in [3.63, 3.8) is 0 Å². The standard InChI is InChI=1S/C14H17ClN2O/c1-3-8-17-13(6-7-16-17)14(18)11-5-4-10(2)12(15)9-11/h4-7,9,14,18H,3,8H2,1-2H3. The van der Waals surface area contributed by atoms with Gasteiger partial charge >= 0.3 is 0 Å². The monoisotopic (exact) mass is 264 g/mol. The maximum absolute atomic E-state index is 10.4. The van der Waals surface area contributed by atoms with Crippen molar-refractivity contribution in [3.05, 3.63) is 52.3 Å². The fourth-order valence-electron chi connectivity index (χ4n) is 1.92. The largest absolute Gasteiger partial charge is 0.382 e. The quantitative estimate of drug-likeness (QED) is 0.920. The third-order valence-electron chi connectivity index (χ3n) is 2.98. The molecular formula is C14H17ClN2O. The minimum Gasteiger partial charge on any atom is -0.382 e. The van der Waals surface area contributed by atoms with Crippen LogP contribution in [0.4, 0.5) is 0 Å². The summed E-state index contributed by atoms with van der Waals surface area (Å²) in [7, 11) is 0. The highest BCUT2D eigenvalue weighted by atomic mass is 35.5. The topological polar surface area (TPSA) is 38.0 Å². The molecule has 0 aliphatic heterocycles. The van der Waals surface area contributed by atoms with E-state index >= 15 is 0 Å². The van der Waals surface area contributed by atoms with Crippen LogP contribution in [0.15, 0.2) is 30.5 Å². The Bertz CT molecular complexity index is 536. The van der Waals surface area contributed by atoms with Gasteiger partial charge in [-0.1, -0.05) is 30.7 Å². The van der Waals surface area contributed by atoms with E-state index in [4.69, 9.17) is 11.6 Å². The van der Waals surface area contributed by atoms with Crippen LogP contribution in [0.2, 0.25) is 5.02 Å². The summed E-state index contributed by atoms with van der Waals surface area (Å²) in [5.41, 5.74) is 2.61. The summed E-state index contributed by atoms with van der Waals surface area (Å²) in [6.07, 6.45) is 2.01. The van der Waals surface area contributed by atoms with Crippen molar-refractivity contribution in [1.29, 1.82) is 0 Å². The van der Waals surface area contributed by atoms with Gasteiger partial charge in [0.2, 0.25) is 0 Å². The smallest absolute Gasteiger partial charge is 0.121 e. The Morgan fingerprint density at radius 3 is 2.83 bits per heavy atom. The normalized spacial score (nSPS) is 12.7. The number of nitrogens with zero attached hydrogens (tertiary/aromatic N) is 2. The van der Waals surface area contributed by atoms with E-state index in [1.165, 1.54) is 0 Å². The van der Waals surface area contributed by atoms with E-state index in [9.17, 15) is 5.11 Å². The van der Waals surface area contributed by atoms with Crippen LogP contribution in [0, 0.1) is 6.92 Å². The van der Waals surface area contributed by atoms with Gasteiger partial charge in [-0.15, -0.1) is 0 Å². The van der Waals surface area contributed by atoms with Crippen molar-refractivity contribution in [2.75, 3.05) is 0 Å². The van der Waals surface area contributed by atoms with E-state index in [-0.39, 0.29) is 0 Å². The number of aromatic nitrogens is 2. The molecule has 1 aromatic carbocycles. The van der Waals surface area contributed by atoms with Gasteiger partial charge in [0.25, 0.3) is 0 Å². The Labute approximate surface area is 112 Å². The highest BCUT2D eigenvalue weighted by Crippen LogP contribution is 2.26. The molecule has 0 saturated carbocycles. The number of rotatable bonds is 4. The van der Waals surface area contributed by atoms with Crippen molar-refractivity contribution in [3.8, 4) is 0 Å². The maximum atomic E-state index is 10.4. The van der Waals surface area contributed by atoms with E-state index in [2.05, 4.69) is 12.0 Å². The van der Waals surface area contributed by atoms with E-state index in [1.807, 2.05) is 35.9 Å². The molecule has 4 heteroatoms. The lowest BCUT2D eigenvalue weighted by Crippen LogP contribution is -2.10. The van der Waals surface area contributed by atoms with Gasteiger partial charge < -0.3 is 5.11 Å². The van der Waals surface area contributed by atoms with Crippen LogP contribution in [0.25, 0.3) is 0 Å². The second-order valence-electron chi connectivity index (χ2n) is 4.39. The molecule has 0 saturated heterocycles. The molecule has 1 atom stereocenters. The second kappa shape index (κ2) is 5.55. The van der Waals surface area contributed by atoms with E-state index in [0.717, 1.165) is 29.8 Å². The molecule has 18 heavy (non-hydrogen) atoms. The van der Waals surface area contributed by atoms with Gasteiger partial charge in [0, 0.05) is 17.8 Å². The van der Waals surface area contributed by atoms with E-state index < -0.39 is 6.10 Å². The number of hydrogen-bond donors (Lipinski definition) is 1. The molecule has 0 fully saturated rings. The summed E-state index contributed by atoms with van der Waals surface area (Å²) in [6.45, 7) is 4.83. The number of benzene rings is 1. The number of aryl methyl sites for hydroxylation is 2. The van der Waals surface area contributed by atoms with Gasteiger partial charge in [-0.05, 0) is 36.6 Å². The summed E-state index contributed by atoms with van der Waals surface area (Å²) in [4.78, 5) is 0. The molecular weight excluding hydrogens is 248 g/mol. The summed E-state index contributed by atoms with van der Waals surface area (Å²) in [6, 6.07) is 7.47. The fourth-order valence-corrected chi connectivity index (χ4v) is 2.11. The summed E-state index contributed by atoms with van der Waals surface area (Å²) >= 11 is 6.09. The molecule has 0 spiro atoms. The van der Waals surface area contributed by atoms with Crippen LogP contribution in [0.1, 0.15) is 36.3 Å². The predicted molar refractivity (Wildman–Crippen MR) is 72.8 cm³/mol. The first-order valence-electron chi connectivity index (χ1n) is 6.09. The summed E-state index contributed by atoms with van der Waals surface area (Å²) in [5.74, 6) is 0. The first-order valence-corrected chi connectivity index (χ1v) is 6.47. The summed E-state index contributed by atoms with van der Waals surface area (Å²) < 4.78 is 1.83. The molecule has 0 bridgehead atoms. The lowest BCUT2D eigenvalue weighted by atomic mass is 10.0. The third kappa shape index (κ3) is 2.57. The first-order chi connectivity index (χ1) is 8.63. The van der Waals surface area contributed by atoms with Gasteiger partial charge in [0.1, 0.15) is 6.10 Å². The lowest BCUT2D eigenvalue weighted by Gasteiger charge is -2.14. The molecule has 1 aromatic heterocycles. The molecule has 0 amide bonds. The number of aliphatic hydroxyl groups is 1. The second-order valence-corrected chi connectivity index (χ2v) is 4.80. The third-order valence-corrected chi connectivity index (χ3v) is 3.38. The fraction of sp³-hybridized carbons (Fsp3) is 0.357. The Hall–Kier alpha value is -1.32. The zero-order chi connectivity index (χ0) is 13.1.